The van der Waals surface area contributed by atoms with Crippen molar-refractivity contribution in [3.05, 3.63) is 18.3 Å². The third-order valence-corrected chi connectivity index (χ3v) is 3.40. The summed E-state index contributed by atoms with van der Waals surface area (Å²) in [5.74, 6) is 0.223. The summed E-state index contributed by atoms with van der Waals surface area (Å²) in [6, 6.07) is 3.29. The summed E-state index contributed by atoms with van der Waals surface area (Å²) >= 11 is 0. The van der Waals surface area contributed by atoms with Gasteiger partial charge in [0.25, 0.3) is 5.91 Å². The highest BCUT2D eigenvalue weighted by Gasteiger charge is 2.17. The molecule has 1 aromatic heterocycles. The predicted octanol–water partition coefficient (Wildman–Crippen LogP) is 1.66. The Kier molecular flexibility index (Phi) is 6.00. The van der Waals surface area contributed by atoms with E-state index in [1.165, 1.54) is 19.0 Å². The van der Waals surface area contributed by atoms with Crippen LogP contribution >= 0.6 is 0 Å². The van der Waals surface area contributed by atoms with Gasteiger partial charge in [0.15, 0.2) is 6.61 Å². The van der Waals surface area contributed by atoms with Crippen LogP contribution in [0.4, 0.5) is 10.5 Å². The van der Waals surface area contributed by atoms with Crippen LogP contribution in [0.15, 0.2) is 18.3 Å². The third-order valence-electron chi connectivity index (χ3n) is 3.40. The number of hydrogen-bond acceptors (Lipinski definition) is 4. The van der Waals surface area contributed by atoms with Crippen LogP contribution in [0.5, 0.6) is 5.88 Å². The molecule has 7 heteroatoms. The maximum atomic E-state index is 11.7. The van der Waals surface area contributed by atoms with Crippen LogP contribution in [0, 0.1) is 0 Å². The van der Waals surface area contributed by atoms with Gasteiger partial charge in [-0.3, -0.25) is 4.79 Å². The first-order valence-corrected chi connectivity index (χ1v) is 7.60. The number of anilines is 1. The third kappa shape index (κ3) is 5.23. The van der Waals surface area contributed by atoms with Crippen molar-refractivity contribution < 1.29 is 14.3 Å². The van der Waals surface area contributed by atoms with Crippen LogP contribution in [0.1, 0.15) is 32.6 Å². The number of urea groups is 1. The van der Waals surface area contributed by atoms with Crippen molar-refractivity contribution >= 4 is 17.6 Å². The van der Waals surface area contributed by atoms with Crippen molar-refractivity contribution in [2.75, 3.05) is 18.5 Å². The Morgan fingerprint density at radius 1 is 1.32 bits per heavy atom. The average Bonchev–Trinajstić information content (AvgIpc) is 3.00. The normalized spacial score (nSPS) is 14.4. The van der Waals surface area contributed by atoms with Crippen LogP contribution in [0.3, 0.4) is 0 Å². The number of carbonyl (C=O) groups excluding carboxylic acids is 2. The largest absolute Gasteiger partial charge is 0.468 e. The molecule has 1 saturated carbocycles. The molecular formula is C15H22N4O3. The van der Waals surface area contributed by atoms with Crippen molar-refractivity contribution in [1.29, 1.82) is 0 Å². The Morgan fingerprint density at radius 2 is 2.09 bits per heavy atom. The first-order valence-electron chi connectivity index (χ1n) is 7.60. The number of amides is 3. The van der Waals surface area contributed by atoms with Crippen molar-refractivity contribution in [3.63, 3.8) is 0 Å². The minimum absolute atomic E-state index is 0.0490. The molecule has 22 heavy (non-hydrogen) atoms. The molecule has 0 bridgehead atoms. The molecule has 0 aliphatic heterocycles. The quantitative estimate of drug-likeness (QED) is 0.745. The number of rotatable bonds is 6. The van der Waals surface area contributed by atoms with E-state index in [-0.39, 0.29) is 24.6 Å². The number of aromatic nitrogens is 1. The molecule has 7 nitrogen and oxygen atoms in total. The standard InChI is InChI=1S/C15H22N4O3/c1-2-16-15(21)19-12-7-8-14(17-9-12)22-10-13(20)18-11-5-3-4-6-11/h7-9,11H,2-6,10H2,1H3,(H,18,20)(H2,16,19,21). The fraction of sp³-hybridized carbons (Fsp3) is 0.533. The van der Waals surface area contributed by atoms with Gasteiger partial charge in [0.05, 0.1) is 11.9 Å². The fourth-order valence-electron chi connectivity index (χ4n) is 2.35. The van der Waals surface area contributed by atoms with E-state index in [0.29, 0.717) is 18.1 Å². The van der Waals surface area contributed by atoms with Gasteiger partial charge in [-0.2, -0.15) is 0 Å². The van der Waals surface area contributed by atoms with E-state index in [1.807, 2.05) is 6.92 Å². The first-order chi connectivity index (χ1) is 10.7. The van der Waals surface area contributed by atoms with E-state index in [9.17, 15) is 9.59 Å². The monoisotopic (exact) mass is 306 g/mol. The van der Waals surface area contributed by atoms with Gasteiger partial charge >= 0.3 is 6.03 Å². The Bertz CT molecular complexity index is 498. The zero-order valence-electron chi connectivity index (χ0n) is 12.7. The maximum absolute atomic E-state index is 11.7. The molecule has 0 atom stereocenters. The number of carbonyl (C=O) groups is 2. The van der Waals surface area contributed by atoms with E-state index >= 15 is 0 Å². The molecule has 3 amide bonds. The number of ether oxygens (including phenoxy) is 1. The second-order valence-corrected chi connectivity index (χ2v) is 5.21. The van der Waals surface area contributed by atoms with Gasteiger partial charge in [0.1, 0.15) is 0 Å². The smallest absolute Gasteiger partial charge is 0.319 e. The molecule has 0 spiro atoms. The summed E-state index contributed by atoms with van der Waals surface area (Å²) in [6.07, 6.45) is 5.93. The van der Waals surface area contributed by atoms with E-state index in [1.54, 1.807) is 12.1 Å². The first kappa shape index (κ1) is 16.1. The molecule has 120 valence electrons. The van der Waals surface area contributed by atoms with Gasteiger partial charge in [-0.25, -0.2) is 9.78 Å². The highest BCUT2D eigenvalue weighted by Crippen LogP contribution is 2.17. The zero-order chi connectivity index (χ0) is 15.8. The molecule has 0 radical (unpaired) electrons. The van der Waals surface area contributed by atoms with Crippen molar-refractivity contribution in [2.45, 2.75) is 38.6 Å². The minimum Gasteiger partial charge on any atom is -0.468 e. The molecule has 3 N–H and O–H groups in total. The lowest BCUT2D eigenvalue weighted by Crippen LogP contribution is -2.36. The zero-order valence-corrected chi connectivity index (χ0v) is 12.7. The van der Waals surface area contributed by atoms with Crippen molar-refractivity contribution in [2.24, 2.45) is 0 Å². The van der Waals surface area contributed by atoms with Crippen LogP contribution in [0.2, 0.25) is 0 Å². The summed E-state index contributed by atoms with van der Waals surface area (Å²) in [7, 11) is 0. The minimum atomic E-state index is -0.283. The summed E-state index contributed by atoms with van der Waals surface area (Å²) in [5.41, 5.74) is 0.564. The molecule has 1 heterocycles. The highest BCUT2D eigenvalue weighted by atomic mass is 16.5. The van der Waals surface area contributed by atoms with Crippen LogP contribution in [0.25, 0.3) is 0 Å². The molecule has 0 unspecified atom stereocenters. The van der Waals surface area contributed by atoms with Gasteiger partial charge < -0.3 is 20.7 Å². The molecule has 0 saturated heterocycles. The lowest BCUT2D eigenvalue weighted by molar-refractivity contribution is -0.123. The molecule has 1 fully saturated rings. The Balaban J connectivity index is 1.73. The maximum Gasteiger partial charge on any atom is 0.319 e. The van der Waals surface area contributed by atoms with Crippen molar-refractivity contribution in [3.8, 4) is 5.88 Å². The van der Waals surface area contributed by atoms with E-state index in [4.69, 9.17) is 4.74 Å². The number of nitrogens with zero attached hydrogens (tertiary/aromatic N) is 1. The van der Waals surface area contributed by atoms with Gasteiger partial charge in [-0.15, -0.1) is 0 Å². The molecule has 0 aromatic carbocycles. The summed E-state index contributed by atoms with van der Waals surface area (Å²) in [5, 5.41) is 8.20. The highest BCUT2D eigenvalue weighted by molar-refractivity contribution is 5.88. The molecule has 2 rings (SSSR count). The number of hydrogen-bond donors (Lipinski definition) is 3. The molecular weight excluding hydrogens is 284 g/mol. The lowest BCUT2D eigenvalue weighted by Gasteiger charge is -2.12. The van der Waals surface area contributed by atoms with Crippen LogP contribution in [-0.4, -0.2) is 36.1 Å². The summed E-state index contributed by atoms with van der Waals surface area (Å²) < 4.78 is 5.33. The number of nitrogens with one attached hydrogen (secondary N) is 3. The SMILES string of the molecule is CCNC(=O)Nc1ccc(OCC(=O)NC2CCCC2)nc1. The summed E-state index contributed by atoms with van der Waals surface area (Å²) in [6.45, 7) is 2.34. The molecule has 1 aliphatic rings. The predicted molar refractivity (Wildman–Crippen MR) is 82.8 cm³/mol. The Labute approximate surface area is 129 Å². The Hall–Kier alpha value is -2.31. The summed E-state index contributed by atoms with van der Waals surface area (Å²) in [4.78, 5) is 27.1. The van der Waals surface area contributed by atoms with Gasteiger partial charge in [-0.1, -0.05) is 12.8 Å². The lowest BCUT2D eigenvalue weighted by atomic mass is 10.2. The van der Waals surface area contributed by atoms with Crippen LogP contribution in [-0.2, 0) is 4.79 Å². The molecule has 1 aromatic rings. The van der Waals surface area contributed by atoms with E-state index < -0.39 is 0 Å². The van der Waals surface area contributed by atoms with E-state index in [2.05, 4.69) is 20.9 Å². The van der Waals surface area contributed by atoms with Crippen molar-refractivity contribution in [1.82, 2.24) is 15.6 Å². The number of pyridine rings is 1. The second-order valence-electron chi connectivity index (χ2n) is 5.21. The topological polar surface area (TPSA) is 92.4 Å². The second kappa shape index (κ2) is 8.21. The van der Waals surface area contributed by atoms with Gasteiger partial charge in [0, 0.05) is 18.7 Å². The van der Waals surface area contributed by atoms with Gasteiger partial charge in [-0.05, 0) is 25.8 Å². The van der Waals surface area contributed by atoms with E-state index in [0.717, 1.165) is 12.8 Å². The van der Waals surface area contributed by atoms with Crippen LogP contribution < -0.4 is 20.7 Å². The Morgan fingerprint density at radius 3 is 2.73 bits per heavy atom. The molecule has 1 aliphatic carbocycles. The van der Waals surface area contributed by atoms with Gasteiger partial charge in [0.2, 0.25) is 5.88 Å². The fourth-order valence-corrected chi connectivity index (χ4v) is 2.35. The average molecular weight is 306 g/mol.